The van der Waals surface area contributed by atoms with E-state index in [9.17, 15) is 0 Å². The van der Waals surface area contributed by atoms with Gasteiger partial charge in [0.05, 0.1) is 5.70 Å². The van der Waals surface area contributed by atoms with E-state index in [-0.39, 0.29) is 51.0 Å². The van der Waals surface area contributed by atoms with Crippen LogP contribution in [0.2, 0.25) is 13.1 Å². The number of benzene rings is 2. The van der Waals surface area contributed by atoms with Gasteiger partial charge in [0.15, 0.2) is 0 Å². The summed E-state index contributed by atoms with van der Waals surface area (Å²) in [4.78, 5) is 4.42. The van der Waals surface area contributed by atoms with Gasteiger partial charge in [0.2, 0.25) is 0 Å². The summed E-state index contributed by atoms with van der Waals surface area (Å²) in [6.07, 6.45) is 13.0. The third kappa shape index (κ3) is 4.64. The van der Waals surface area contributed by atoms with Gasteiger partial charge in [-0.1, -0.05) is 55.9 Å². The average Bonchev–Trinajstić information content (AvgIpc) is 3.60. The molecule has 3 aromatic carbocycles. The summed E-state index contributed by atoms with van der Waals surface area (Å²) in [6.45, 7) is 9.28. The van der Waals surface area contributed by atoms with Crippen LogP contribution >= 0.6 is 0 Å². The molecule has 5 heteroatoms. The van der Waals surface area contributed by atoms with Gasteiger partial charge in [-0.2, -0.15) is 6.07 Å². The van der Waals surface area contributed by atoms with Crippen LogP contribution in [0.3, 0.4) is 0 Å². The molecule has 41 heavy (non-hydrogen) atoms. The molecular formula is C36H38Cl2NSiZr. The molecule has 6 bridgehead atoms. The van der Waals surface area contributed by atoms with Crippen molar-refractivity contribution in [1.82, 2.24) is 0 Å². The summed E-state index contributed by atoms with van der Waals surface area (Å²) in [6, 6.07) is 21.1. The second-order valence-corrected chi connectivity index (χ2v) is 18.1. The van der Waals surface area contributed by atoms with Crippen molar-refractivity contribution in [1.29, 1.82) is 0 Å². The summed E-state index contributed by atoms with van der Waals surface area (Å²) in [5.41, 5.74) is 10.5. The van der Waals surface area contributed by atoms with Gasteiger partial charge >= 0.3 is 26.2 Å². The Bertz CT molecular complexity index is 1600. The van der Waals surface area contributed by atoms with E-state index in [1.807, 2.05) is 6.21 Å². The van der Waals surface area contributed by atoms with Crippen LogP contribution in [-0.2, 0) is 31.6 Å². The van der Waals surface area contributed by atoms with Crippen molar-refractivity contribution in [2.75, 3.05) is 0 Å². The third-order valence-electron chi connectivity index (χ3n) is 10.9. The Morgan fingerprint density at radius 3 is 2.07 bits per heavy atom. The number of aliphatic imine (C=N–C) groups is 1. The van der Waals surface area contributed by atoms with Crippen molar-refractivity contribution >= 4 is 25.1 Å². The van der Waals surface area contributed by atoms with Gasteiger partial charge in [0, 0.05) is 11.8 Å². The summed E-state index contributed by atoms with van der Waals surface area (Å²) in [5.74, 6) is 3.05. The molecule has 4 fully saturated rings. The van der Waals surface area contributed by atoms with Gasteiger partial charge in [0.25, 0.3) is 0 Å². The van der Waals surface area contributed by atoms with Gasteiger partial charge in [-0.15, -0.1) is 34.5 Å². The van der Waals surface area contributed by atoms with Gasteiger partial charge in [-0.3, -0.25) is 4.99 Å². The molecule has 8 aliphatic rings. The predicted molar refractivity (Wildman–Crippen MR) is 163 cm³/mol. The Labute approximate surface area is 278 Å². The van der Waals surface area contributed by atoms with Gasteiger partial charge in [0.1, 0.15) is 8.07 Å². The Kier molecular flexibility index (Phi) is 8.30. The van der Waals surface area contributed by atoms with E-state index in [4.69, 9.17) is 0 Å². The molecule has 0 unspecified atom stereocenters. The zero-order chi connectivity index (χ0) is 25.8. The molecule has 1 radical (unpaired) electrons. The minimum atomic E-state index is -1.13. The van der Waals surface area contributed by atoms with Crippen molar-refractivity contribution in [2.24, 2.45) is 22.7 Å². The van der Waals surface area contributed by atoms with Crippen LogP contribution < -0.4 is 24.8 Å². The van der Waals surface area contributed by atoms with Gasteiger partial charge in [-0.05, 0) is 102 Å². The van der Waals surface area contributed by atoms with Crippen molar-refractivity contribution < 1.29 is 51.0 Å². The van der Waals surface area contributed by atoms with Crippen LogP contribution in [0.15, 0.2) is 92.9 Å². The average molecular weight is 675 g/mol. The molecule has 209 valence electrons. The molecule has 0 atom stereocenters. The van der Waals surface area contributed by atoms with Crippen molar-refractivity contribution in [3.05, 3.63) is 99.0 Å². The number of allylic oxidation sites excluding steroid dienone is 4. The summed E-state index contributed by atoms with van der Waals surface area (Å²) in [7, 11) is -1.13. The van der Waals surface area contributed by atoms with Crippen LogP contribution in [-0.4, -0.2) is 14.3 Å². The van der Waals surface area contributed by atoms with E-state index in [1.54, 1.807) is 16.0 Å². The quantitative estimate of drug-likeness (QED) is 0.292. The molecule has 0 spiro atoms. The predicted octanol–water partition coefficient (Wildman–Crippen LogP) is 3.39. The minimum absolute atomic E-state index is 0. The van der Waals surface area contributed by atoms with Crippen LogP contribution in [0.25, 0.3) is 21.9 Å². The Balaban J connectivity index is 0.000000191. The van der Waals surface area contributed by atoms with Crippen LogP contribution in [0.5, 0.6) is 0 Å². The molecule has 0 amide bonds. The monoisotopic (exact) mass is 672 g/mol. The summed E-state index contributed by atoms with van der Waals surface area (Å²) in [5, 5.41) is 6.03. The topological polar surface area (TPSA) is 12.4 Å². The van der Waals surface area contributed by atoms with Crippen LogP contribution in [0.1, 0.15) is 56.6 Å². The van der Waals surface area contributed by atoms with Crippen LogP contribution in [0.4, 0.5) is 0 Å². The zero-order valence-corrected chi connectivity index (χ0v) is 29.5. The second-order valence-electron chi connectivity index (χ2n) is 13.8. The first-order valence-corrected chi connectivity index (χ1v) is 17.8. The largest absolute Gasteiger partial charge is 3.00 e. The molecule has 0 saturated heterocycles. The number of fused-ring (bicyclic) bond motifs is 1. The summed E-state index contributed by atoms with van der Waals surface area (Å²) >= 11 is 0. The normalized spacial score (nSPS) is 28.7. The molecule has 4 saturated carbocycles. The van der Waals surface area contributed by atoms with E-state index in [1.165, 1.54) is 82.8 Å². The first-order chi connectivity index (χ1) is 18.3. The standard InChI is InChI=1S/C26H27.C10H11NSi.2ClH.Zr/c1-17-9-22-3-2-4-24(25(22)10-17)21-5-7-23(8-6-21)26-14-18-11-19(15-26)13-20(12-18)16-26;1-6-9-7-4-5-11-8(7)10(6)12(9,2)3;;;/h2-10,18-20H,11-16H2,1H3;4-5H,1-3H3;2*1H;/q-1;;;;+3/p-2. The van der Waals surface area contributed by atoms with Gasteiger partial charge in [-0.25, -0.2) is 0 Å². The molecule has 3 aromatic rings. The molecule has 0 N–H and O–H groups in total. The van der Waals surface area contributed by atoms with E-state index in [0.29, 0.717) is 5.41 Å². The molecule has 1 nitrogen and oxygen atoms in total. The molecule has 5 aliphatic carbocycles. The number of hydrogen-bond acceptors (Lipinski definition) is 1. The molecule has 0 aromatic heterocycles. The molecule has 11 rings (SSSR count). The van der Waals surface area contributed by atoms with E-state index >= 15 is 0 Å². The number of rotatable bonds is 2. The van der Waals surface area contributed by atoms with Gasteiger partial charge < -0.3 is 24.8 Å². The van der Waals surface area contributed by atoms with Crippen molar-refractivity contribution in [3.8, 4) is 11.1 Å². The molecular weight excluding hydrogens is 637 g/mol. The van der Waals surface area contributed by atoms with Crippen LogP contribution in [0, 0.1) is 24.7 Å². The van der Waals surface area contributed by atoms with E-state index < -0.39 is 8.07 Å². The Morgan fingerprint density at radius 1 is 0.854 bits per heavy atom. The maximum absolute atomic E-state index is 4.42. The maximum atomic E-state index is 4.42. The maximum Gasteiger partial charge on any atom is 3.00 e. The fraction of sp³-hybridized carbons (Fsp3) is 0.389. The fourth-order valence-electron chi connectivity index (χ4n) is 9.98. The number of aryl methyl sites for hydroxylation is 1. The number of halogens is 2. The van der Waals surface area contributed by atoms with E-state index in [0.717, 1.165) is 17.8 Å². The second kappa shape index (κ2) is 11.0. The SMILES string of the molecule is CC1=C2C3=CC=NC3=C1[Si]2(C)C.Cc1cc2c(-c3ccc(C45CC6CC(CC(C6)C4)C5)cc3)cccc2[cH-]1.[Cl-].[Cl-].[Zr+3]. The smallest absolute Gasteiger partial charge is 1.00 e. The van der Waals surface area contributed by atoms with E-state index in [2.05, 4.69) is 92.6 Å². The first kappa shape index (κ1) is 31.1. The van der Waals surface area contributed by atoms with Crippen molar-refractivity contribution in [3.63, 3.8) is 0 Å². The fourth-order valence-corrected chi connectivity index (χ4v) is 13.8. The minimum Gasteiger partial charge on any atom is -1.00 e. The zero-order valence-electron chi connectivity index (χ0n) is 24.5. The van der Waals surface area contributed by atoms with Crippen molar-refractivity contribution in [2.45, 2.75) is 70.9 Å². The third-order valence-corrected chi connectivity index (χ3v) is 14.7. The summed E-state index contributed by atoms with van der Waals surface area (Å²) < 4.78 is 0. The molecule has 3 heterocycles. The number of hydrogen-bond donors (Lipinski definition) is 0. The first-order valence-electron chi connectivity index (χ1n) is 14.8. The molecule has 3 aliphatic heterocycles. The Hall–Kier alpha value is -1.38. The Morgan fingerprint density at radius 2 is 1.49 bits per heavy atom. The number of nitrogens with zero attached hydrogens (tertiary/aromatic N) is 1.